The SMILES string of the molecule is C=C[C@@H]1C[C@]1(NC(=O)[C@@H]1C[C@@H](Oc2cc(-n3ccc(NC(C)C)n3)nc3cc(OC)ccc23)CN1C(=O)[C@@H](NC(=O)OC1C[C@@H]2C[C@@H]2C1)C(C)(C)C)C(=O)O.C=C[C@@H]1C[C@]1(NC(=O)[C@@H]1C[C@H](OS(=O)(=O)c2ccc(Br)cc2)CN1C(=O)[C@@H](NC(=O)OC1C[C@@H]2C[C@@H]2C1)C(C)(C)C)C(=O)OC.COc1ccc2c(=O)cc(-n3ccc(NC(C)C)n3)[nH]c2c1. The Morgan fingerprint density at radius 3 is 1.58 bits per heavy atom. The number of rotatable bonds is 27. The number of fused-ring (bicyclic) bond motifs is 4. The van der Waals surface area contributed by atoms with Gasteiger partial charge in [-0.15, -0.1) is 23.4 Å². The number of aromatic nitrogens is 6. The number of halogens is 1. The molecule has 16 atom stereocenters. The first-order valence-corrected chi connectivity index (χ1v) is 43.4. The minimum absolute atomic E-state index is 0.0172. The minimum atomic E-state index is -4.26. The summed E-state index contributed by atoms with van der Waals surface area (Å²) >= 11 is 3.27. The van der Waals surface area contributed by atoms with Crippen LogP contribution in [0.15, 0.2) is 137 Å². The lowest BCUT2D eigenvalue weighted by Crippen LogP contribution is -2.59. The van der Waals surface area contributed by atoms with E-state index in [0.717, 1.165) is 43.4 Å². The number of amides is 6. The fraction of sp³-hybridized carbons (Fsp3) is 0.517. The first-order valence-electron chi connectivity index (χ1n) is 41.2. The molecule has 6 heterocycles. The Labute approximate surface area is 716 Å². The van der Waals surface area contributed by atoms with Gasteiger partial charge in [-0.3, -0.25) is 28.2 Å². The molecule has 0 bridgehead atoms. The Hall–Kier alpha value is -11.1. The van der Waals surface area contributed by atoms with Crippen LogP contribution in [0.3, 0.4) is 0 Å². The van der Waals surface area contributed by atoms with Gasteiger partial charge in [-0.2, -0.15) is 8.42 Å². The molecule has 33 nitrogen and oxygen atoms in total. The van der Waals surface area contributed by atoms with Gasteiger partial charge in [0.25, 0.3) is 10.1 Å². The topological polar surface area (TPSA) is 416 Å². The summed E-state index contributed by atoms with van der Waals surface area (Å²) in [7, 11) is 0.117. The molecule has 2 saturated heterocycles. The van der Waals surface area contributed by atoms with Gasteiger partial charge in [-0.25, -0.2) is 33.5 Å². The third-order valence-electron chi connectivity index (χ3n) is 23.8. The van der Waals surface area contributed by atoms with Crippen LogP contribution < -0.4 is 51.5 Å². The number of aliphatic carboxylic acids is 1. The number of likely N-dealkylation sites (tertiary alicyclic amines) is 2. The van der Waals surface area contributed by atoms with Crippen molar-refractivity contribution in [3.63, 3.8) is 0 Å². The van der Waals surface area contributed by atoms with E-state index in [0.29, 0.717) is 85.2 Å². The van der Waals surface area contributed by atoms with Crippen LogP contribution in [0.25, 0.3) is 33.4 Å². The Morgan fingerprint density at radius 2 is 1.09 bits per heavy atom. The fourth-order valence-corrected chi connectivity index (χ4v) is 18.3. The summed E-state index contributed by atoms with van der Waals surface area (Å²) in [6.45, 7) is 26.1. The summed E-state index contributed by atoms with van der Waals surface area (Å²) in [6, 6.07) is 19.6. The molecule has 654 valence electrons. The van der Waals surface area contributed by atoms with Crippen LogP contribution >= 0.6 is 15.9 Å². The highest BCUT2D eigenvalue weighted by Gasteiger charge is 2.63. The summed E-state index contributed by atoms with van der Waals surface area (Å²) in [5, 5.41) is 37.9. The van der Waals surface area contributed by atoms with Gasteiger partial charge >= 0.3 is 24.1 Å². The highest BCUT2D eigenvalue weighted by atomic mass is 79.9. The van der Waals surface area contributed by atoms with Crippen molar-refractivity contribution in [2.75, 3.05) is 45.1 Å². The molecule has 35 heteroatoms. The minimum Gasteiger partial charge on any atom is -0.497 e. The first kappa shape index (κ1) is 88.7. The number of H-pyrrole nitrogens is 1. The number of ether oxygens (including phenoxy) is 6. The molecule has 2 unspecified atom stereocenters. The van der Waals surface area contributed by atoms with Crippen molar-refractivity contribution in [3.05, 3.63) is 137 Å². The number of hydrogen-bond acceptors (Lipinski definition) is 23. The quantitative estimate of drug-likeness (QED) is 0.0103. The smallest absolute Gasteiger partial charge is 0.408 e. The van der Waals surface area contributed by atoms with Gasteiger partial charge in [0.2, 0.25) is 23.6 Å². The van der Waals surface area contributed by atoms with Gasteiger partial charge in [0, 0.05) is 107 Å². The molecule has 6 amide bonds. The molecule has 0 spiro atoms. The molecule has 8 fully saturated rings. The standard InChI is InChI=1S/C40H51N7O8.C31H40BrN3O9S.C16H18N4O2/c1-8-24-19-40(24,37(50)51)44-35(48)30-17-27(20-46(30)36(49)34(39(4,5)6)43-38(52)55-26-14-22-13-23(22)15-26)54-31-18-33(47-12-11-32(45-47)41-21(2)3)42-29-16-25(53-7)9-10-28(29)31;1-6-19-15-31(19,28(38)42-5)34-26(36)24-14-22(44-45(40,41)23-9-7-20(32)8-10-23)16-35(24)27(37)25(30(2,3)4)33-29(39)43-21-12-17-11-18(17)13-21;1-10(2)17-15-6-7-20(19-15)16-9-14(21)12-5-4-11(22-3)8-13(12)18-16/h8-12,16,18,21-24,26-27,30,34H,1,13-15,17,19-20H2,2-7H3,(H,41,45)(H,43,52)(H,44,48)(H,50,51);6-10,17-19,21-22,24-25H,1,11-16H2,2-5H3,(H,33,39)(H,34,36);4-10H,1-3H3,(H,17,19)(H,18,21)/t22-,23+,24-,26?,27-,30+,34-,40-;17-,18+,19-,21?,22+,24+,25-,31-;/m11./s1. The highest BCUT2D eigenvalue weighted by Crippen LogP contribution is 2.54. The number of carboxylic acids is 1. The number of benzene rings is 3. The number of carbonyl (C=O) groups excluding carboxylic acids is 7. The molecular formula is C87H109BrN14O19S. The van der Waals surface area contributed by atoms with Crippen molar-refractivity contribution >= 4 is 107 Å². The Morgan fingerprint density at radius 1 is 0.607 bits per heavy atom. The van der Waals surface area contributed by atoms with Crippen LogP contribution in [0, 0.1) is 46.3 Å². The largest absolute Gasteiger partial charge is 0.497 e. The molecule has 8 aliphatic rings. The maximum Gasteiger partial charge on any atom is 0.408 e. The lowest BCUT2D eigenvalue weighted by Gasteiger charge is -2.35. The molecule has 122 heavy (non-hydrogen) atoms. The van der Waals surface area contributed by atoms with E-state index in [2.05, 4.69) is 76.2 Å². The van der Waals surface area contributed by atoms with Gasteiger partial charge in [0.15, 0.2) is 11.2 Å². The zero-order chi connectivity index (χ0) is 88.0. The van der Waals surface area contributed by atoms with Crippen molar-refractivity contribution in [2.45, 2.75) is 210 Å². The van der Waals surface area contributed by atoms with E-state index in [1.807, 2.05) is 72.9 Å². The average molecular weight is 1770 g/mol. The maximum atomic E-state index is 14.6. The molecule has 0 radical (unpaired) electrons. The van der Waals surface area contributed by atoms with E-state index in [4.69, 9.17) is 37.6 Å². The molecule has 4 aromatic heterocycles. The number of hydrogen-bond donors (Lipinski definition) is 8. The second-order valence-corrected chi connectivity index (χ2v) is 38.2. The maximum absolute atomic E-state index is 14.6. The number of methoxy groups -OCH3 is 3. The zero-order valence-electron chi connectivity index (χ0n) is 70.7. The summed E-state index contributed by atoms with van der Waals surface area (Å²) < 4.78 is 69.5. The molecular weight excluding hydrogens is 1660 g/mol. The van der Waals surface area contributed by atoms with E-state index < -0.39 is 122 Å². The number of alkyl carbamates (subject to hydrolysis) is 2. The van der Waals surface area contributed by atoms with E-state index in [1.54, 1.807) is 111 Å². The average Bonchev–Trinajstić information content (AvgIpc) is 1.58. The van der Waals surface area contributed by atoms with Gasteiger partial charge in [-0.1, -0.05) is 69.6 Å². The zero-order valence-corrected chi connectivity index (χ0v) is 73.1. The number of nitrogens with zero attached hydrogens (tertiary/aromatic N) is 7. The number of esters is 1. The summed E-state index contributed by atoms with van der Waals surface area (Å²) in [4.78, 5) is 131. The van der Waals surface area contributed by atoms with Gasteiger partial charge in [0.05, 0.1) is 49.9 Å². The first-order chi connectivity index (χ1) is 57.7. The van der Waals surface area contributed by atoms with Crippen LogP contribution in [0.2, 0.25) is 0 Å². The molecule has 15 rings (SSSR count). The number of carboxylic acid groups (broad SMARTS) is 1. The van der Waals surface area contributed by atoms with E-state index in [-0.39, 0.29) is 73.3 Å². The lowest BCUT2D eigenvalue weighted by molar-refractivity contribution is -0.148. The van der Waals surface area contributed by atoms with Crippen molar-refractivity contribution in [1.29, 1.82) is 0 Å². The number of pyridine rings is 2. The number of carbonyl (C=O) groups is 8. The molecule has 7 aromatic rings. The van der Waals surface area contributed by atoms with Crippen LogP contribution in [0.4, 0.5) is 21.2 Å². The fourth-order valence-electron chi connectivity index (χ4n) is 16.9. The molecule has 2 aliphatic heterocycles. The molecule has 6 saturated carbocycles. The van der Waals surface area contributed by atoms with Crippen LogP contribution in [0.1, 0.15) is 133 Å². The van der Waals surface area contributed by atoms with Gasteiger partial charge in [-0.05, 0) is 162 Å². The van der Waals surface area contributed by atoms with Gasteiger partial charge in [0.1, 0.15) is 88.3 Å². The summed E-state index contributed by atoms with van der Waals surface area (Å²) in [5.74, 6) is 1.59. The molecule has 3 aromatic carbocycles. The van der Waals surface area contributed by atoms with Crippen molar-refractivity contribution in [3.8, 4) is 28.9 Å². The van der Waals surface area contributed by atoms with Crippen molar-refractivity contribution in [2.24, 2.45) is 46.3 Å². The monoisotopic (exact) mass is 1760 g/mol. The summed E-state index contributed by atoms with van der Waals surface area (Å²) in [5.41, 5.74) is -3.20. The van der Waals surface area contributed by atoms with E-state index in [9.17, 15) is 56.7 Å². The Balaban J connectivity index is 0.000000171. The third-order valence-corrected chi connectivity index (χ3v) is 25.7. The van der Waals surface area contributed by atoms with Crippen molar-refractivity contribution < 1.29 is 84.5 Å². The predicted molar refractivity (Wildman–Crippen MR) is 455 cm³/mol. The van der Waals surface area contributed by atoms with Crippen LogP contribution in [-0.4, -0.2) is 207 Å². The van der Waals surface area contributed by atoms with E-state index >= 15 is 0 Å². The third kappa shape index (κ3) is 20.0. The second kappa shape index (κ2) is 35.4. The Kier molecular flexibility index (Phi) is 25.7. The Bertz CT molecular complexity index is 5330. The predicted octanol–water partition coefficient (Wildman–Crippen LogP) is 10.5. The highest BCUT2D eigenvalue weighted by molar-refractivity contribution is 9.10. The molecule has 8 N–H and O–H groups in total. The molecule has 6 aliphatic carbocycles. The van der Waals surface area contributed by atoms with Gasteiger partial charge < -0.3 is 80.2 Å². The second-order valence-electron chi connectivity index (χ2n) is 35.7. The lowest BCUT2D eigenvalue weighted by atomic mass is 9.85. The summed E-state index contributed by atoms with van der Waals surface area (Å²) in [6.07, 6.45) is 9.00. The number of nitrogens with one attached hydrogen (secondary N) is 7. The van der Waals surface area contributed by atoms with E-state index in [1.165, 1.54) is 41.5 Å². The van der Waals surface area contributed by atoms with Crippen molar-refractivity contribution in [1.82, 2.24) is 60.6 Å². The van der Waals surface area contributed by atoms with Crippen LogP contribution in [-0.2, 0) is 57.3 Å². The number of anilines is 2. The normalized spacial score (nSPS) is 25.7. The van der Waals surface area contributed by atoms with Crippen LogP contribution in [0.5, 0.6) is 17.2 Å². The number of aromatic amines is 1.